The summed E-state index contributed by atoms with van der Waals surface area (Å²) in [6, 6.07) is 9.63. The summed E-state index contributed by atoms with van der Waals surface area (Å²) in [6.07, 6.45) is 1.44. The summed E-state index contributed by atoms with van der Waals surface area (Å²) in [5.41, 5.74) is 1.01. The molecule has 0 fully saturated rings. The maximum Gasteiger partial charge on any atom is 0.225 e. The minimum Gasteiger partial charge on any atom is -0.217 e. The van der Waals surface area contributed by atoms with Gasteiger partial charge >= 0.3 is 0 Å². The first-order valence-corrected chi connectivity index (χ1v) is 6.18. The Hall–Kier alpha value is -1.75. The molecule has 0 aliphatic carbocycles. The molecule has 0 amide bonds. The Morgan fingerprint density at radius 2 is 1.75 bits per heavy atom. The van der Waals surface area contributed by atoms with Gasteiger partial charge in [-0.1, -0.05) is 17.7 Å². The molecule has 0 saturated carbocycles. The number of aryl methyl sites for hydroxylation is 1. The molecule has 1 aromatic heterocycles. The molecule has 0 saturated heterocycles. The highest BCUT2D eigenvalue weighted by Crippen LogP contribution is 2.18. The van der Waals surface area contributed by atoms with Crippen molar-refractivity contribution < 1.29 is 8.42 Å². The highest BCUT2D eigenvalue weighted by atomic mass is 32.2. The van der Waals surface area contributed by atoms with Crippen LogP contribution in [0.2, 0.25) is 0 Å². The highest BCUT2D eigenvalue weighted by molar-refractivity contribution is 7.91. The lowest BCUT2D eigenvalue weighted by Gasteiger charge is -2.02. The molecule has 82 valence electrons. The SMILES string of the molecule is Cc1ccc(S(=O)(=O)c2cccnn2)cc1. The number of hydrogen-bond acceptors (Lipinski definition) is 4. The van der Waals surface area contributed by atoms with Gasteiger partial charge in [0.1, 0.15) is 0 Å². The number of aromatic nitrogens is 2. The molecule has 0 atom stereocenters. The molecule has 16 heavy (non-hydrogen) atoms. The largest absolute Gasteiger partial charge is 0.225 e. The topological polar surface area (TPSA) is 59.9 Å². The number of nitrogens with zero attached hydrogens (tertiary/aromatic N) is 2. The van der Waals surface area contributed by atoms with Crippen LogP contribution in [0, 0.1) is 6.92 Å². The lowest BCUT2D eigenvalue weighted by atomic mass is 10.2. The predicted octanol–water partition coefficient (Wildman–Crippen LogP) is 1.62. The molecule has 0 aliphatic rings. The summed E-state index contributed by atoms with van der Waals surface area (Å²) in [5, 5.41) is 7.15. The van der Waals surface area contributed by atoms with Crippen molar-refractivity contribution in [3.05, 3.63) is 48.2 Å². The van der Waals surface area contributed by atoms with E-state index in [4.69, 9.17) is 0 Å². The Balaban J connectivity index is 2.52. The van der Waals surface area contributed by atoms with Gasteiger partial charge in [-0.15, -0.1) is 5.10 Å². The van der Waals surface area contributed by atoms with Crippen molar-refractivity contribution in [1.29, 1.82) is 0 Å². The van der Waals surface area contributed by atoms with Crippen LogP contribution in [0.3, 0.4) is 0 Å². The van der Waals surface area contributed by atoms with E-state index in [2.05, 4.69) is 10.2 Å². The summed E-state index contributed by atoms with van der Waals surface area (Å²) in [5.74, 6) is 0. The lowest BCUT2D eigenvalue weighted by Crippen LogP contribution is -2.04. The van der Waals surface area contributed by atoms with Crippen molar-refractivity contribution in [3.63, 3.8) is 0 Å². The van der Waals surface area contributed by atoms with E-state index in [0.717, 1.165) is 5.56 Å². The summed E-state index contributed by atoms with van der Waals surface area (Å²) in [6.45, 7) is 1.90. The van der Waals surface area contributed by atoms with Crippen LogP contribution in [-0.4, -0.2) is 18.6 Å². The molecular weight excluding hydrogens is 224 g/mol. The second-order valence-corrected chi connectivity index (χ2v) is 5.27. The molecule has 5 heteroatoms. The Bertz CT molecular complexity index is 577. The molecule has 0 unspecified atom stereocenters. The lowest BCUT2D eigenvalue weighted by molar-refractivity contribution is 0.590. The Kier molecular flexibility index (Phi) is 2.70. The molecule has 1 aromatic carbocycles. The van der Waals surface area contributed by atoms with Gasteiger partial charge in [0, 0.05) is 6.20 Å². The Morgan fingerprint density at radius 3 is 2.31 bits per heavy atom. The minimum absolute atomic E-state index is 0.0288. The molecule has 0 spiro atoms. The van der Waals surface area contributed by atoms with Crippen molar-refractivity contribution in [3.8, 4) is 0 Å². The predicted molar refractivity (Wildman–Crippen MR) is 58.7 cm³/mol. The fourth-order valence-corrected chi connectivity index (χ4v) is 2.42. The van der Waals surface area contributed by atoms with Crippen LogP contribution < -0.4 is 0 Å². The van der Waals surface area contributed by atoms with Crippen LogP contribution in [0.4, 0.5) is 0 Å². The molecule has 1 heterocycles. The fourth-order valence-electron chi connectivity index (χ4n) is 1.27. The zero-order valence-corrected chi connectivity index (χ0v) is 9.48. The number of benzene rings is 1. The van der Waals surface area contributed by atoms with E-state index in [1.807, 2.05) is 6.92 Å². The van der Waals surface area contributed by atoms with E-state index in [-0.39, 0.29) is 9.92 Å². The van der Waals surface area contributed by atoms with Gasteiger partial charge in [0.15, 0.2) is 5.03 Å². The highest BCUT2D eigenvalue weighted by Gasteiger charge is 2.18. The van der Waals surface area contributed by atoms with E-state index in [1.165, 1.54) is 12.3 Å². The standard InChI is InChI=1S/C11H10N2O2S/c1-9-4-6-10(7-5-9)16(14,15)11-3-2-8-12-13-11/h2-8H,1H3. The molecular formula is C11H10N2O2S. The molecule has 0 N–H and O–H groups in total. The number of sulfone groups is 1. The summed E-state index contributed by atoms with van der Waals surface area (Å²) < 4.78 is 24.1. The first-order valence-electron chi connectivity index (χ1n) is 4.70. The second-order valence-electron chi connectivity index (χ2n) is 3.38. The van der Waals surface area contributed by atoms with Gasteiger partial charge in [-0.05, 0) is 31.2 Å². The van der Waals surface area contributed by atoms with E-state index < -0.39 is 9.84 Å². The smallest absolute Gasteiger partial charge is 0.217 e. The Morgan fingerprint density at radius 1 is 1.06 bits per heavy atom. The van der Waals surface area contributed by atoms with Crippen molar-refractivity contribution >= 4 is 9.84 Å². The van der Waals surface area contributed by atoms with E-state index in [1.54, 1.807) is 30.3 Å². The van der Waals surface area contributed by atoms with Gasteiger partial charge < -0.3 is 0 Å². The van der Waals surface area contributed by atoms with Crippen LogP contribution in [0.15, 0.2) is 52.5 Å². The van der Waals surface area contributed by atoms with Crippen molar-refractivity contribution in [2.45, 2.75) is 16.8 Å². The van der Waals surface area contributed by atoms with Crippen LogP contribution in [0.1, 0.15) is 5.56 Å². The molecule has 2 rings (SSSR count). The van der Waals surface area contributed by atoms with Crippen LogP contribution in [0.5, 0.6) is 0 Å². The average Bonchev–Trinajstić information content (AvgIpc) is 2.31. The maximum atomic E-state index is 12.0. The molecule has 0 radical (unpaired) electrons. The molecule has 0 bridgehead atoms. The normalized spacial score (nSPS) is 11.3. The fraction of sp³-hybridized carbons (Fsp3) is 0.0909. The van der Waals surface area contributed by atoms with Gasteiger partial charge in [0.2, 0.25) is 9.84 Å². The molecule has 4 nitrogen and oxygen atoms in total. The van der Waals surface area contributed by atoms with E-state index in [0.29, 0.717) is 0 Å². The third-order valence-electron chi connectivity index (χ3n) is 2.15. The van der Waals surface area contributed by atoms with Crippen LogP contribution >= 0.6 is 0 Å². The second kappa shape index (κ2) is 4.02. The maximum absolute atomic E-state index is 12.0. The minimum atomic E-state index is -3.53. The number of hydrogen-bond donors (Lipinski definition) is 0. The van der Waals surface area contributed by atoms with Gasteiger partial charge in [0.25, 0.3) is 0 Å². The Labute approximate surface area is 93.9 Å². The summed E-state index contributed by atoms with van der Waals surface area (Å²) >= 11 is 0. The third-order valence-corrected chi connectivity index (χ3v) is 3.82. The van der Waals surface area contributed by atoms with Gasteiger partial charge in [-0.2, -0.15) is 5.10 Å². The van der Waals surface area contributed by atoms with Gasteiger partial charge in [-0.25, -0.2) is 8.42 Å². The molecule has 2 aromatic rings. The van der Waals surface area contributed by atoms with Gasteiger partial charge in [-0.3, -0.25) is 0 Å². The van der Waals surface area contributed by atoms with Crippen molar-refractivity contribution in [2.24, 2.45) is 0 Å². The first kappa shape index (κ1) is 10.8. The average molecular weight is 234 g/mol. The van der Waals surface area contributed by atoms with Crippen LogP contribution in [0.25, 0.3) is 0 Å². The van der Waals surface area contributed by atoms with Crippen molar-refractivity contribution in [2.75, 3.05) is 0 Å². The van der Waals surface area contributed by atoms with Gasteiger partial charge in [0.05, 0.1) is 4.90 Å². The summed E-state index contributed by atoms with van der Waals surface area (Å²) in [7, 11) is -3.53. The van der Waals surface area contributed by atoms with E-state index >= 15 is 0 Å². The van der Waals surface area contributed by atoms with Crippen molar-refractivity contribution in [1.82, 2.24) is 10.2 Å². The molecule has 0 aliphatic heterocycles. The van der Waals surface area contributed by atoms with E-state index in [9.17, 15) is 8.42 Å². The quantitative estimate of drug-likeness (QED) is 0.792. The monoisotopic (exact) mass is 234 g/mol. The zero-order chi connectivity index (χ0) is 11.6. The zero-order valence-electron chi connectivity index (χ0n) is 8.66. The van der Waals surface area contributed by atoms with Crippen LogP contribution in [-0.2, 0) is 9.84 Å². The first-order chi connectivity index (χ1) is 7.60. The third kappa shape index (κ3) is 1.94. The summed E-state index contributed by atoms with van der Waals surface area (Å²) in [4.78, 5) is 0.235. The number of rotatable bonds is 2.